The van der Waals surface area contributed by atoms with Gasteiger partial charge in [-0.15, -0.1) is 0 Å². The molecule has 4 nitrogen and oxygen atoms in total. The molecule has 1 aromatic heterocycles. The van der Waals surface area contributed by atoms with Crippen LogP contribution in [-0.2, 0) is 6.18 Å². The minimum atomic E-state index is -4.74. The molecule has 21 heavy (non-hydrogen) atoms. The van der Waals surface area contributed by atoms with E-state index >= 15 is 0 Å². The standard InChI is InChI=1S/C13H11ClF3N3O/c1-2-18-12(21)8-7-19-20(11(8)13(15,16)17)10-6-4-3-5-9(10)14/h3-7H,2H2,1H3,(H,18,21). The van der Waals surface area contributed by atoms with Crippen LogP contribution in [0.25, 0.3) is 5.69 Å². The quantitative estimate of drug-likeness (QED) is 0.944. The summed E-state index contributed by atoms with van der Waals surface area (Å²) >= 11 is 5.90. The van der Waals surface area contributed by atoms with E-state index in [9.17, 15) is 18.0 Å². The van der Waals surface area contributed by atoms with Crippen LogP contribution in [0.15, 0.2) is 30.5 Å². The largest absolute Gasteiger partial charge is 0.434 e. The molecule has 0 aliphatic heterocycles. The fourth-order valence-electron chi connectivity index (χ4n) is 1.85. The molecule has 1 aromatic carbocycles. The first-order valence-corrected chi connectivity index (χ1v) is 6.42. The van der Waals surface area contributed by atoms with E-state index in [1.165, 1.54) is 18.2 Å². The highest BCUT2D eigenvalue weighted by Crippen LogP contribution is 2.34. The van der Waals surface area contributed by atoms with Crippen molar-refractivity contribution in [3.63, 3.8) is 0 Å². The molecule has 2 aromatic rings. The second-order valence-corrected chi connectivity index (χ2v) is 4.53. The van der Waals surface area contributed by atoms with Gasteiger partial charge in [-0.25, -0.2) is 4.68 Å². The minimum absolute atomic E-state index is 0.0574. The third kappa shape index (κ3) is 3.02. The van der Waals surface area contributed by atoms with Crippen LogP contribution in [0.5, 0.6) is 0 Å². The number of nitrogens with one attached hydrogen (secondary N) is 1. The molecule has 0 spiro atoms. The SMILES string of the molecule is CCNC(=O)c1cnn(-c2ccccc2Cl)c1C(F)(F)F. The Morgan fingerprint density at radius 1 is 1.38 bits per heavy atom. The summed E-state index contributed by atoms with van der Waals surface area (Å²) < 4.78 is 40.5. The molecule has 2 rings (SSSR count). The van der Waals surface area contributed by atoms with Crippen LogP contribution in [0.3, 0.4) is 0 Å². The zero-order valence-electron chi connectivity index (χ0n) is 10.9. The van der Waals surface area contributed by atoms with Crippen LogP contribution in [0.1, 0.15) is 23.0 Å². The Kier molecular flexibility index (Phi) is 4.22. The molecule has 0 saturated heterocycles. The van der Waals surface area contributed by atoms with Crippen LogP contribution < -0.4 is 5.32 Å². The number of halogens is 4. The van der Waals surface area contributed by atoms with Crippen LogP contribution in [0, 0.1) is 0 Å². The van der Waals surface area contributed by atoms with Crippen molar-refractivity contribution in [2.45, 2.75) is 13.1 Å². The molecule has 1 heterocycles. The molecule has 0 radical (unpaired) electrons. The lowest BCUT2D eigenvalue weighted by molar-refractivity contribution is -0.143. The molecule has 1 N–H and O–H groups in total. The van der Waals surface area contributed by atoms with Gasteiger partial charge in [-0.3, -0.25) is 4.79 Å². The third-order valence-electron chi connectivity index (χ3n) is 2.70. The van der Waals surface area contributed by atoms with E-state index in [0.717, 1.165) is 6.20 Å². The van der Waals surface area contributed by atoms with Crippen molar-refractivity contribution in [3.05, 3.63) is 46.7 Å². The summed E-state index contributed by atoms with van der Waals surface area (Å²) in [5.74, 6) is -0.830. The molecule has 0 unspecified atom stereocenters. The number of carbonyl (C=O) groups is 1. The smallest absolute Gasteiger partial charge is 0.352 e. The number of benzene rings is 1. The third-order valence-corrected chi connectivity index (χ3v) is 3.02. The summed E-state index contributed by atoms with van der Waals surface area (Å²) in [6, 6.07) is 5.97. The number of rotatable bonds is 3. The number of hydrogen-bond acceptors (Lipinski definition) is 2. The van der Waals surface area contributed by atoms with Gasteiger partial charge in [0.15, 0.2) is 5.69 Å². The van der Waals surface area contributed by atoms with Crippen molar-refractivity contribution < 1.29 is 18.0 Å². The Hall–Kier alpha value is -2.02. The summed E-state index contributed by atoms with van der Waals surface area (Å²) in [5.41, 5.74) is -1.63. The van der Waals surface area contributed by atoms with Gasteiger partial charge in [0.25, 0.3) is 5.91 Å². The molecule has 0 aliphatic rings. The molecule has 1 amide bonds. The average molecular weight is 318 g/mol. The van der Waals surface area contributed by atoms with Gasteiger partial charge >= 0.3 is 6.18 Å². The van der Waals surface area contributed by atoms with Crippen molar-refractivity contribution in [1.82, 2.24) is 15.1 Å². The molecule has 0 fully saturated rings. The zero-order chi connectivity index (χ0) is 15.6. The van der Waals surface area contributed by atoms with E-state index in [2.05, 4.69) is 10.4 Å². The monoisotopic (exact) mass is 317 g/mol. The average Bonchev–Trinajstić information content (AvgIpc) is 2.84. The van der Waals surface area contributed by atoms with Crippen molar-refractivity contribution in [1.29, 1.82) is 0 Å². The van der Waals surface area contributed by atoms with Gasteiger partial charge in [0, 0.05) is 6.54 Å². The zero-order valence-corrected chi connectivity index (χ0v) is 11.7. The minimum Gasteiger partial charge on any atom is -0.352 e. The lowest BCUT2D eigenvalue weighted by atomic mass is 10.2. The van der Waals surface area contributed by atoms with Crippen molar-refractivity contribution in [3.8, 4) is 5.69 Å². The Morgan fingerprint density at radius 2 is 2.05 bits per heavy atom. The molecule has 0 atom stereocenters. The van der Waals surface area contributed by atoms with Gasteiger partial charge in [0.1, 0.15) is 0 Å². The highest BCUT2D eigenvalue weighted by Gasteiger charge is 2.40. The number of amides is 1. The van der Waals surface area contributed by atoms with Crippen molar-refractivity contribution in [2.75, 3.05) is 6.54 Å². The van der Waals surface area contributed by atoms with E-state index in [1.807, 2.05) is 0 Å². The van der Waals surface area contributed by atoms with Gasteiger partial charge in [0.05, 0.1) is 22.5 Å². The first-order valence-electron chi connectivity index (χ1n) is 6.04. The topological polar surface area (TPSA) is 46.9 Å². The summed E-state index contributed by atoms with van der Waals surface area (Å²) in [7, 11) is 0. The fourth-order valence-corrected chi connectivity index (χ4v) is 2.07. The first-order chi connectivity index (χ1) is 9.86. The molecular weight excluding hydrogens is 307 g/mol. The Bertz CT molecular complexity index is 667. The number of aromatic nitrogens is 2. The fraction of sp³-hybridized carbons (Fsp3) is 0.231. The molecule has 112 valence electrons. The van der Waals surface area contributed by atoms with E-state index in [4.69, 9.17) is 11.6 Å². The lowest BCUT2D eigenvalue weighted by Crippen LogP contribution is -2.26. The second kappa shape index (κ2) is 5.77. The van der Waals surface area contributed by atoms with E-state index in [1.54, 1.807) is 13.0 Å². The number of alkyl halides is 3. The number of hydrogen-bond donors (Lipinski definition) is 1. The van der Waals surface area contributed by atoms with Crippen LogP contribution >= 0.6 is 11.6 Å². The number of carbonyl (C=O) groups excluding carboxylic acids is 1. The Balaban J connectivity index is 2.64. The summed E-state index contributed by atoms with van der Waals surface area (Å²) in [6.45, 7) is 1.83. The molecule has 8 heteroatoms. The normalized spacial score (nSPS) is 11.5. The summed E-state index contributed by atoms with van der Waals surface area (Å²) in [5, 5.41) is 6.10. The van der Waals surface area contributed by atoms with E-state index in [0.29, 0.717) is 4.68 Å². The maximum absolute atomic E-state index is 13.3. The first kappa shape index (κ1) is 15.4. The molecule has 0 bridgehead atoms. The highest BCUT2D eigenvalue weighted by molar-refractivity contribution is 6.32. The maximum atomic E-state index is 13.3. The Labute approximate surface area is 123 Å². The van der Waals surface area contributed by atoms with Gasteiger partial charge in [-0.1, -0.05) is 23.7 Å². The van der Waals surface area contributed by atoms with Gasteiger partial charge < -0.3 is 5.32 Å². The predicted octanol–water partition coefficient (Wildman–Crippen LogP) is 3.29. The van der Waals surface area contributed by atoms with Crippen LogP contribution in [0.2, 0.25) is 5.02 Å². The molecule has 0 aliphatic carbocycles. The number of para-hydroxylation sites is 1. The van der Waals surface area contributed by atoms with Gasteiger partial charge in [-0.05, 0) is 19.1 Å². The van der Waals surface area contributed by atoms with Gasteiger partial charge in [-0.2, -0.15) is 18.3 Å². The van der Waals surface area contributed by atoms with E-state index < -0.39 is 23.3 Å². The van der Waals surface area contributed by atoms with Crippen molar-refractivity contribution >= 4 is 17.5 Å². The predicted molar refractivity (Wildman–Crippen MR) is 71.6 cm³/mol. The van der Waals surface area contributed by atoms with Crippen LogP contribution in [0.4, 0.5) is 13.2 Å². The number of nitrogens with zero attached hydrogens (tertiary/aromatic N) is 2. The Morgan fingerprint density at radius 3 is 2.62 bits per heavy atom. The summed E-state index contributed by atoms with van der Waals surface area (Å²) in [4.78, 5) is 11.7. The lowest BCUT2D eigenvalue weighted by Gasteiger charge is -2.13. The van der Waals surface area contributed by atoms with Crippen molar-refractivity contribution in [2.24, 2.45) is 0 Å². The molecular formula is C13H11ClF3N3O. The highest BCUT2D eigenvalue weighted by atomic mass is 35.5. The maximum Gasteiger partial charge on any atom is 0.434 e. The molecule has 0 saturated carbocycles. The van der Waals surface area contributed by atoms with Gasteiger partial charge in [0.2, 0.25) is 0 Å². The van der Waals surface area contributed by atoms with Crippen LogP contribution in [-0.4, -0.2) is 22.2 Å². The second-order valence-electron chi connectivity index (χ2n) is 4.13. The van der Waals surface area contributed by atoms with E-state index in [-0.39, 0.29) is 17.3 Å². The summed E-state index contributed by atoms with van der Waals surface area (Å²) in [6.07, 6.45) is -3.85.